The molecule has 3 heteroatoms. The van der Waals surface area contributed by atoms with Crippen LogP contribution >= 0.6 is 0 Å². The number of carbonyl (C=O) groups excluding carboxylic acids is 1. The van der Waals surface area contributed by atoms with E-state index in [1.54, 1.807) is 0 Å². The van der Waals surface area contributed by atoms with Gasteiger partial charge in [-0.2, -0.15) is 0 Å². The summed E-state index contributed by atoms with van der Waals surface area (Å²) in [6.07, 6.45) is 4.93. The van der Waals surface area contributed by atoms with Crippen LogP contribution in [-0.2, 0) is 11.3 Å². The summed E-state index contributed by atoms with van der Waals surface area (Å²) < 4.78 is 0. The summed E-state index contributed by atoms with van der Waals surface area (Å²) in [5.41, 5.74) is 1.17. The lowest BCUT2D eigenvalue weighted by molar-refractivity contribution is -0.127. The van der Waals surface area contributed by atoms with Crippen molar-refractivity contribution in [2.24, 2.45) is 5.92 Å². The Kier molecular flexibility index (Phi) is 3.83. The molecule has 1 atom stereocenters. The van der Waals surface area contributed by atoms with Crippen molar-refractivity contribution in [2.45, 2.75) is 38.3 Å². The van der Waals surface area contributed by atoms with Gasteiger partial charge in [0.25, 0.3) is 0 Å². The molecule has 19 heavy (non-hydrogen) atoms. The van der Waals surface area contributed by atoms with Crippen LogP contribution in [0.2, 0.25) is 0 Å². The van der Waals surface area contributed by atoms with Crippen molar-refractivity contribution >= 4 is 5.91 Å². The fourth-order valence-corrected chi connectivity index (χ4v) is 3.00. The summed E-state index contributed by atoms with van der Waals surface area (Å²) in [4.78, 5) is 14.8. The maximum atomic E-state index is 12.4. The maximum Gasteiger partial charge on any atom is 0.237 e. The molecule has 0 aromatic heterocycles. The number of likely N-dealkylation sites (tertiary alicyclic amines) is 1. The van der Waals surface area contributed by atoms with Gasteiger partial charge in [0.15, 0.2) is 0 Å². The third-order valence-electron chi connectivity index (χ3n) is 4.18. The van der Waals surface area contributed by atoms with E-state index in [0.717, 1.165) is 13.1 Å². The zero-order valence-corrected chi connectivity index (χ0v) is 11.3. The Bertz CT molecular complexity index is 422. The van der Waals surface area contributed by atoms with E-state index in [9.17, 15) is 4.79 Å². The fraction of sp³-hybridized carbons (Fsp3) is 0.562. The molecule has 3 rings (SSSR count). The highest BCUT2D eigenvalue weighted by Gasteiger charge is 2.40. The van der Waals surface area contributed by atoms with Crippen LogP contribution in [0.25, 0.3) is 0 Å². The molecular formula is C16H22N2O. The highest BCUT2D eigenvalue weighted by Crippen LogP contribution is 2.36. The molecule has 1 amide bonds. The lowest BCUT2D eigenvalue weighted by atomic mass is 10.1. The molecule has 0 bridgehead atoms. The Balaban J connectivity index is 1.58. The van der Waals surface area contributed by atoms with E-state index >= 15 is 0 Å². The molecule has 1 saturated heterocycles. The summed E-state index contributed by atoms with van der Waals surface area (Å²) >= 11 is 0. The van der Waals surface area contributed by atoms with Crippen LogP contribution in [0.5, 0.6) is 0 Å². The zero-order valence-electron chi connectivity index (χ0n) is 11.3. The molecule has 0 radical (unpaired) electrons. The van der Waals surface area contributed by atoms with E-state index < -0.39 is 0 Å². The van der Waals surface area contributed by atoms with Crippen LogP contribution in [0.4, 0.5) is 0 Å². The van der Waals surface area contributed by atoms with Gasteiger partial charge in [-0.15, -0.1) is 0 Å². The van der Waals surface area contributed by atoms with Crippen LogP contribution in [0.15, 0.2) is 30.3 Å². The van der Waals surface area contributed by atoms with Crippen LogP contribution in [0.3, 0.4) is 0 Å². The van der Waals surface area contributed by atoms with Crippen LogP contribution in [0, 0.1) is 5.92 Å². The summed E-state index contributed by atoms with van der Waals surface area (Å²) in [5, 5.41) is 3.12. The minimum Gasteiger partial charge on any atom is -0.351 e. The Hall–Kier alpha value is -1.35. The van der Waals surface area contributed by atoms with Gasteiger partial charge in [0, 0.05) is 6.54 Å². The number of nitrogens with zero attached hydrogens (tertiary/aromatic N) is 1. The number of hydrogen-bond donors (Lipinski definition) is 1. The van der Waals surface area contributed by atoms with Gasteiger partial charge >= 0.3 is 0 Å². The molecule has 1 aliphatic carbocycles. The molecule has 1 aromatic carbocycles. The SMILES string of the molecule is O=C(NCc1ccccc1)[C@@H](C1CC1)N1CCCC1. The Morgan fingerprint density at radius 3 is 2.53 bits per heavy atom. The average molecular weight is 258 g/mol. The Morgan fingerprint density at radius 2 is 1.89 bits per heavy atom. The quantitative estimate of drug-likeness (QED) is 0.878. The van der Waals surface area contributed by atoms with Crippen molar-refractivity contribution in [3.63, 3.8) is 0 Å². The van der Waals surface area contributed by atoms with Crippen molar-refractivity contribution in [2.75, 3.05) is 13.1 Å². The van der Waals surface area contributed by atoms with E-state index in [-0.39, 0.29) is 11.9 Å². The minimum absolute atomic E-state index is 0.131. The van der Waals surface area contributed by atoms with E-state index in [0.29, 0.717) is 12.5 Å². The molecule has 1 aromatic rings. The van der Waals surface area contributed by atoms with Gasteiger partial charge < -0.3 is 5.32 Å². The molecule has 1 heterocycles. The van der Waals surface area contributed by atoms with Crippen molar-refractivity contribution < 1.29 is 4.79 Å². The number of rotatable bonds is 5. The molecule has 0 unspecified atom stereocenters. The molecule has 102 valence electrons. The Morgan fingerprint density at radius 1 is 1.21 bits per heavy atom. The number of hydrogen-bond acceptors (Lipinski definition) is 2. The van der Waals surface area contributed by atoms with E-state index in [4.69, 9.17) is 0 Å². The largest absolute Gasteiger partial charge is 0.351 e. The van der Waals surface area contributed by atoms with Gasteiger partial charge in [0.05, 0.1) is 6.04 Å². The lowest BCUT2D eigenvalue weighted by Crippen LogP contribution is -2.46. The molecule has 3 nitrogen and oxygen atoms in total. The second kappa shape index (κ2) is 5.74. The van der Waals surface area contributed by atoms with E-state index in [1.165, 1.54) is 31.2 Å². The molecule has 2 fully saturated rings. The smallest absolute Gasteiger partial charge is 0.237 e. The zero-order chi connectivity index (χ0) is 13.1. The lowest BCUT2D eigenvalue weighted by Gasteiger charge is -2.26. The normalized spacial score (nSPS) is 21.3. The number of nitrogens with one attached hydrogen (secondary N) is 1. The van der Waals surface area contributed by atoms with Gasteiger partial charge in [-0.3, -0.25) is 9.69 Å². The van der Waals surface area contributed by atoms with Crippen molar-refractivity contribution in [3.8, 4) is 0 Å². The third kappa shape index (κ3) is 3.16. The van der Waals surface area contributed by atoms with Crippen molar-refractivity contribution in [1.29, 1.82) is 0 Å². The third-order valence-corrected chi connectivity index (χ3v) is 4.18. The molecule has 2 aliphatic rings. The van der Waals surface area contributed by atoms with Gasteiger partial charge in [-0.05, 0) is 50.3 Å². The van der Waals surface area contributed by atoms with Crippen LogP contribution < -0.4 is 5.32 Å². The Labute approximate surface area is 115 Å². The predicted octanol–water partition coefficient (Wildman–Crippen LogP) is 2.18. The molecule has 1 aliphatic heterocycles. The van der Waals surface area contributed by atoms with Gasteiger partial charge in [-0.25, -0.2) is 0 Å². The number of carbonyl (C=O) groups is 1. The second-order valence-electron chi connectivity index (χ2n) is 5.73. The number of benzene rings is 1. The summed E-state index contributed by atoms with van der Waals surface area (Å²) in [7, 11) is 0. The average Bonchev–Trinajstić information content (AvgIpc) is 3.12. The maximum absolute atomic E-state index is 12.4. The first-order chi connectivity index (χ1) is 9.34. The predicted molar refractivity (Wildman–Crippen MR) is 75.6 cm³/mol. The van der Waals surface area contributed by atoms with Crippen molar-refractivity contribution in [1.82, 2.24) is 10.2 Å². The molecule has 1 saturated carbocycles. The summed E-state index contributed by atoms with van der Waals surface area (Å²) in [5.74, 6) is 0.835. The summed E-state index contributed by atoms with van der Waals surface area (Å²) in [6.45, 7) is 2.84. The van der Waals surface area contributed by atoms with Gasteiger partial charge in [0.1, 0.15) is 0 Å². The molecular weight excluding hydrogens is 236 g/mol. The first-order valence-electron chi connectivity index (χ1n) is 7.40. The minimum atomic E-state index is 0.131. The van der Waals surface area contributed by atoms with Crippen molar-refractivity contribution in [3.05, 3.63) is 35.9 Å². The molecule has 1 N–H and O–H groups in total. The fourth-order valence-electron chi connectivity index (χ4n) is 3.00. The van der Waals surface area contributed by atoms with Gasteiger partial charge in [-0.1, -0.05) is 30.3 Å². The first-order valence-corrected chi connectivity index (χ1v) is 7.40. The van der Waals surface area contributed by atoms with Crippen LogP contribution in [-0.4, -0.2) is 29.9 Å². The topological polar surface area (TPSA) is 32.3 Å². The monoisotopic (exact) mass is 258 g/mol. The second-order valence-corrected chi connectivity index (χ2v) is 5.73. The van der Waals surface area contributed by atoms with Gasteiger partial charge in [0.2, 0.25) is 5.91 Å². The highest BCUT2D eigenvalue weighted by molar-refractivity contribution is 5.82. The molecule has 0 spiro atoms. The standard InChI is InChI=1S/C16H22N2O/c19-16(17-12-13-6-2-1-3-7-13)15(14-8-9-14)18-10-4-5-11-18/h1-3,6-7,14-15H,4-5,8-12H2,(H,17,19)/t15-/m1/s1. The number of amides is 1. The van der Waals surface area contributed by atoms with E-state index in [2.05, 4.69) is 22.3 Å². The highest BCUT2D eigenvalue weighted by atomic mass is 16.2. The van der Waals surface area contributed by atoms with E-state index in [1.807, 2.05) is 18.2 Å². The van der Waals surface area contributed by atoms with Crippen LogP contribution in [0.1, 0.15) is 31.2 Å². The summed E-state index contributed by atoms with van der Waals surface area (Å²) in [6, 6.07) is 10.3. The first kappa shape index (κ1) is 12.7.